The van der Waals surface area contributed by atoms with Crippen LogP contribution in [-0.2, 0) is 17.0 Å². The van der Waals surface area contributed by atoms with Gasteiger partial charge in [-0.05, 0) is 0 Å². The third-order valence-electron chi connectivity index (χ3n) is 0.962. The van der Waals surface area contributed by atoms with Crippen LogP contribution in [0.2, 0.25) is 0 Å². The van der Waals surface area contributed by atoms with Gasteiger partial charge in [0.25, 0.3) is 0 Å². The van der Waals surface area contributed by atoms with Crippen LogP contribution in [0.25, 0.3) is 0 Å². The van der Waals surface area contributed by atoms with Gasteiger partial charge in [0.15, 0.2) is 0 Å². The molecular formula is C7H12V. The van der Waals surface area contributed by atoms with Gasteiger partial charge in [0.2, 0.25) is 0 Å². The standard InChI is InChI=1S/C7H12.V/c1-5-6-7(2,3)4;/h5H,1H2,2-4H3;. The predicted octanol–water partition coefficient (Wildman–Crippen LogP) is 1.94. The topological polar surface area (TPSA) is 0 Å². The maximum absolute atomic E-state index is 3.67. The molecule has 0 heterocycles. The molecule has 0 spiro atoms. The molecule has 45 valence electrons. The zero-order valence-corrected chi connectivity index (χ0v) is 7.13. The minimum absolute atomic E-state index is 0.280. The fourth-order valence-electron chi connectivity index (χ4n) is 0.306. The first-order chi connectivity index (χ1) is 3.48. The molecule has 0 saturated carbocycles. The Balaban J connectivity index is 4.02. The summed E-state index contributed by atoms with van der Waals surface area (Å²) in [6.45, 7) is 10.2. The molecule has 0 N–H and O–H groups in total. The molecule has 0 nitrogen and oxygen atoms in total. The van der Waals surface area contributed by atoms with Crippen molar-refractivity contribution in [2.45, 2.75) is 20.8 Å². The number of rotatable bonds is 1. The predicted molar refractivity (Wildman–Crippen MR) is 34.7 cm³/mol. The van der Waals surface area contributed by atoms with Crippen molar-refractivity contribution in [2.75, 3.05) is 0 Å². The van der Waals surface area contributed by atoms with Crippen LogP contribution in [0.4, 0.5) is 0 Å². The molecule has 0 radical (unpaired) electrons. The first-order valence-corrected chi connectivity index (χ1v) is 3.37. The summed E-state index contributed by atoms with van der Waals surface area (Å²) in [5.74, 6) is 0. The van der Waals surface area contributed by atoms with Crippen LogP contribution in [-0.4, -0.2) is 4.23 Å². The molecule has 0 rings (SSSR count). The molecule has 0 aromatic heterocycles. The van der Waals surface area contributed by atoms with Crippen molar-refractivity contribution in [1.29, 1.82) is 0 Å². The second-order valence-corrected chi connectivity index (χ2v) is 3.59. The molecule has 0 aliphatic rings. The van der Waals surface area contributed by atoms with Crippen molar-refractivity contribution >= 4 is 4.23 Å². The van der Waals surface area contributed by atoms with Gasteiger partial charge in [-0.1, -0.05) is 0 Å². The average molecular weight is 147 g/mol. The van der Waals surface area contributed by atoms with Crippen molar-refractivity contribution in [2.24, 2.45) is 5.41 Å². The minimum atomic E-state index is 0.280. The quantitative estimate of drug-likeness (QED) is 0.531. The summed E-state index contributed by atoms with van der Waals surface area (Å²) < 4.78 is 1.28. The van der Waals surface area contributed by atoms with E-state index in [1.807, 2.05) is 6.08 Å². The van der Waals surface area contributed by atoms with Crippen molar-refractivity contribution in [3.05, 3.63) is 12.7 Å². The Bertz CT molecular complexity index is 106. The Morgan fingerprint density at radius 3 is 1.88 bits per heavy atom. The maximum atomic E-state index is 3.67. The van der Waals surface area contributed by atoms with Crippen molar-refractivity contribution in [1.82, 2.24) is 0 Å². The van der Waals surface area contributed by atoms with E-state index in [2.05, 4.69) is 44.3 Å². The fourth-order valence-corrected chi connectivity index (χ4v) is 0.306. The van der Waals surface area contributed by atoms with E-state index in [9.17, 15) is 0 Å². The summed E-state index contributed by atoms with van der Waals surface area (Å²) in [6.07, 6.45) is 1.89. The van der Waals surface area contributed by atoms with E-state index < -0.39 is 0 Å². The normalized spacial score (nSPS) is 10.8. The summed E-state index contributed by atoms with van der Waals surface area (Å²) in [6, 6.07) is 0. The first-order valence-electron chi connectivity index (χ1n) is 2.67. The van der Waals surface area contributed by atoms with E-state index in [0.29, 0.717) is 0 Å². The molecule has 0 atom stereocenters. The molecule has 0 bridgehead atoms. The number of hydrogen-bond donors (Lipinski definition) is 0. The number of hydrogen-bond acceptors (Lipinski definition) is 0. The Morgan fingerprint density at radius 2 is 1.88 bits per heavy atom. The molecule has 8 heavy (non-hydrogen) atoms. The van der Waals surface area contributed by atoms with Gasteiger partial charge < -0.3 is 0 Å². The third-order valence-corrected chi connectivity index (χ3v) is 2.29. The van der Waals surface area contributed by atoms with Crippen LogP contribution in [0, 0.1) is 5.41 Å². The average Bonchev–Trinajstić information content (AvgIpc) is 1.62. The van der Waals surface area contributed by atoms with E-state index in [1.165, 1.54) is 4.23 Å². The molecule has 0 aliphatic heterocycles. The van der Waals surface area contributed by atoms with Gasteiger partial charge in [0, 0.05) is 0 Å². The summed E-state index contributed by atoms with van der Waals surface area (Å²) in [5.41, 5.74) is 0.280. The van der Waals surface area contributed by atoms with Gasteiger partial charge in [0.05, 0.1) is 0 Å². The molecular weight excluding hydrogens is 135 g/mol. The summed E-state index contributed by atoms with van der Waals surface area (Å²) in [4.78, 5) is 0. The van der Waals surface area contributed by atoms with E-state index in [4.69, 9.17) is 0 Å². The van der Waals surface area contributed by atoms with Gasteiger partial charge in [-0.3, -0.25) is 0 Å². The second kappa shape index (κ2) is 2.66. The zero-order valence-electron chi connectivity index (χ0n) is 5.73. The fraction of sp³-hybridized carbons (Fsp3) is 0.571. The molecule has 0 aliphatic carbocycles. The summed E-state index contributed by atoms with van der Waals surface area (Å²) in [7, 11) is 0. The zero-order chi connectivity index (χ0) is 6.78. The molecule has 0 aromatic rings. The second-order valence-electron chi connectivity index (χ2n) is 2.84. The van der Waals surface area contributed by atoms with Gasteiger partial charge in [0.1, 0.15) is 0 Å². The van der Waals surface area contributed by atoms with Gasteiger partial charge in [-0.2, -0.15) is 0 Å². The van der Waals surface area contributed by atoms with Crippen LogP contribution >= 0.6 is 0 Å². The van der Waals surface area contributed by atoms with Crippen molar-refractivity contribution in [3.63, 3.8) is 0 Å². The van der Waals surface area contributed by atoms with Gasteiger partial charge in [-0.15, -0.1) is 0 Å². The van der Waals surface area contributed by atoms with Crippen molar-refractivity contribution in [3.8, 4) is 0 Å². The Labute approximate surface area is 60.5 Å². The molecule has 1 heteroatoms. The molecule has 0 amide bonds. The van der Waals surface area contributed by atoms with Crippen molar-refractivity contribution < 1.29 is 17.0 Å². The van der Waals surface area contributed by atoms with E-state index in [1.54, 1.807) is 0 Å². The van der Waals surface area contributed by atoms with E-state index in [-0.39, 0.29) is 5.41 Å². The van der Waals surface area contributed by atoms with Crippen LogP contribution in [0.1, 0.15) is 20.8 Å². The van der Waals surface area contributed by atoms with E-state index >= 15 is 0 Å². The van der Waals surface area contributed by atoms with E-state index in [0.717, 1.165) is 0 Å². The summed E-state index contributed by atoms with van der Waals surface area (Å²) >= 11 is 2.53. The third kappa shape index (κ3) is 2.49. The monoisotopic (exact) mass is 147 g/mol. The van der Waals surface area contributed by atoms with Gasteiger partial charge >= 0.3 is 60.0 Å². The SMILES string of the molecule is C=C[C](=[V])C(C)(C)C. The molecule has 0 aromatic carbocycles. The molecule has 0 fully saturated rings. The van der Waals surface area contributed by atoms with Crippen LogP contribution in [0.15, 0.2) is 12.7 Å². The van der Waals surface area contributed by atoms with Crippen LogP contribution in [0.3, 0.4) is 0 Å². The number of allylic oxidation sites excluding steroid dienone is 1. The Kier molecular flexibility index (Phi) is 2.72. The van der Waals surface area contributed by atoms with Crippen LogP contribution in [0.5, 0.6) is 0 Å². The van der Waals surface area contributed by atoms with Crippen LogP contribution < -0.4 is 0 Å². The Morgan fingerprint density at radius 1 is 1.50 bits per heavy atom. The molecule has 0 saturated heterocycles. The Hall–Kier alpha value is 0.194. The summed E-state index contributed by atoms with van der Waals surface area (Å²) in [5, 5.41) is 0. The molecule has 0 unspecified atom stereocenters. The van der Waals surface area contributed by atoms with Gasteiger partial charge in [-0.25, -0.2) is 0 Å². The first kappa shape index (κ1) is 8.19.